The van der Waals surface area contributed by atoms with E-state index in [2.05, 4.69) is 37.8 Å². The van der Waals surface area contributed by atoms with Gasteiger partial charge in [-0.25, -0.2) is 0 Å². The second kappa shape index (κ2) is 5.87. The molecule has 0 aliphatic carbocycles. The molecule has 1 aromatic carbocycles. The van der Waals surface area contributed by atoms with Crippen LogP contribution in [0.5, 0.6) is 5.75 Å². The summed E-state index contributed by atoms with van der Waals surface area (Å²) in [5.41, 5.74) is 1.23. The van der Waals surface area contributed by atoms with E-state index in [0.29, 0.717) is 12.4 Å². The van der Waals surface area contributed by atoms with Crippen LogP contribution in [0.4, 0.5) is 5.69 Å². The number of nitrogens with one attached hydrogen (secondary N) is 1. The normalized spacial score (nSPS) is 15.3. The second-order valence-corrected chi connectivity index (χ2v) is 4.71. The zero-order chi connectivity index (χ0) is 13.8. The summed E-state index contributed by atoms with van der Waals surface area (Å²) in [6, 6.07) is 8.14. The van der Waals surface area contributed by atoms with Crippen molar-refractivity contribution in [3.8, 4) is 5.75 Å². The summed E-state index contributed by atoms with van der Waals surface area (Å²) in [5.74, 6) is 1.40. The predicted molar refractivity (Wildman–Crippen MR) is 74.7 cm³/mol. The third-order valence-corrected chi connectivity index (χ3v) is 3.24. The van der Waals surface area contributed by atoms with Gasteiger partial charge in [0.05, 0.1) is 7.05 Å². The lowest BCUT2D eigenvalue weighted by Gasteiger charge is -2.29. The standard InChI is InChI=1S/C13H18N6O/c1-18-16-13(15-17-18)10-20-12-4-2-11(3-5-12)19-8-6-14-7-9-19/h2-5,14H,6-10H2,1H3. The van der Waals surface area contributed by atoms with E-state index in [9.17, 15) is 0 Å². The van der Waals surface area contributed by atoms with E-state index in [-0.39, 0.29) is 0 Å². The number of aromatic nitrogens is 4. The van der Waals surface area contributed by atoms with Crippen LogP contribution in [-0.4, -0.2) is 46.4 Å². The summed E-state index contributed by atoms with van der Waals surface area (Å²) in [4.78, 5) is 3.79. The lowest BCUT2D eigenvalue weighted by molar-refractivity contribution is 0.295. The van der Waals surface area contributed by atoms with Gasteiger partial charge in [-0.3, -0.25) is 0 Å². The summed E-state index contributed by atoms with van der Waals surface area (Å²) < 4.78 is 5.64. The van der Waals surface area contributed by atoms with Gasteiger partial charge in [-0.05, 0) is 29.5 Å². The quantitative estimate of drug-likeness (QED) is 0.859. The maximum Gasteiger partial charge on any atom is 0.212 e. The van der Waals surface area contributed by atoms with Gasteiger partial charge in [0, 0.05) is 31.9 Å². The molecule has 1 aliphatic heterocycles. The average molecular weight is 274 g/mol. The molecule has 0 radical (unpaired) electrons. The van der Waals surface area contributed by atoms with E-state index < -0.39 is 0 Å². The fourth-order valence-corrected chi connectivity index (χ4v) is 2.21. The Kier molecular flexibility index (Phi) is 3.78. The fraction of sp³-hybridized carbons (Fsp3) is 0.462. The fourth-order valence-electron chi connectivity index (χ4n) is 2.21. The van der Waals surface area contributed by atoms with E-state index in [1.165, 1.54) is 10.5 Å². The van der Waals surface area contributed by atoms with Crippen LogP contribution in [-0.2, 0) is 13.7 Å². The molecule has 2 aromatic rings. The van der Waals surface area contributed by atoms with E-state index in [0.717, 1.165) is 31.9 Å². The number of rotatable bonds is 4. The molecular weight excluding hydrogens is 256 g/mol. The molecule has 1 saturated heterocycles. The van der Waals surface area contributed by atoms with Crippen molar-refractivity contribution >= 4 is 5.69 Å². The summed E-state index contributed by atoms with van der Waals surface area (Å²) in [6.07, 6.45) is 0. The molecule has 7 heteroatoms. The van der Waals surface area contributed by atoms with E-state index in [1.807, 2.05) is 12.1 Å². The van der Waals surface area contributed by atoms with Crippen LogP contribution in [0.15, 0.2) is 24.3 Å². The van der Waals surface area contributed by atoms with Crippen LogP contribution in [0.2, 0.25) is 0 Å². The highest BCUT2D eigenvalue weighted by Crippen LogP contribution is 2.20. The highest BCUT2D eigenvalue weighted by atomic mass is 16.5. The van der Waals surface area contributed by atoms with Gasteiger partial charge in [-0.15, -0.1) is 10.2 Å². The number of piperazine rings is 1. The summed E-state index contributed by atoms with van der Waals surface area (Å²) in [5, 5.41) is 15.1. The second-order valence-electron chi connectivity index (χ2n) is 4.71. The zero-order valence-corrected chi connectivity index (χ0v) is 11.5. The lowest BCUT2D eigenvalue weighted by atomic mass is 10.2. The van der Waals surface area contributed by atoms with Crippen LogP contribution in [0.25, 0.3) is 0 Å². The molecule has 0 atom stereocenters. The van der Waals surface area contributed by atoms with Gasteiger partial charge in [-0.2, -0.15) is 4.80 Å². The molecule has 106 valence electrons. The number of nitrogens with zero attached hydrogens (tertiary/aromatic N) is 5. The minimum absolute atomic E-state index is 0.334. The number of benzene rings is 1. The lowest BCUT2D eigenvalue weighted by Crippen LogP contribution is -2.43. The Labute approximate surface area is 117 Å². The number of aryl methyl sites for hydroxylation is 1. The largest absolute Gasteiger partial charge is 0.485 e. The van der Waals surface area contributed by atoms with Gasteiger partial charge in [0.2, 0.25) is 5.82 Å². The highest BCUT2D eigenvalue weighted by Gasteiger charge is 2.10. The number of hydrogen-bond acceptors (Lipinski definition) is 6. The maximum absolute atomic E-state index is 5.64. The Morgan fingerprint density at radius 3 is 2.60 bits per heavy atom. The predicted octanol–water partition coefficient (Wildman–Crippen LogP) is 0.199. The number of hydrogen-bond donors (Lipinski definition) is 1. The van der Waals surface area contributed by atoms with E-state index in [4.69, 9.17) is 4.74 Å². The zero-order valence-electron chi connectivity index (χ0n) is 11.5. The SMILES string of the molecule is Cn1nnc(COc2ccc(N3CCNCC3)cc2)n1. The molecule has 0 amide bonds. The van der Waals surface area contributed by atoms with Crippen molar-refractivity contribution in [1.29, 1.82) is 0 Å². The van der Waals surface area contributed by atoms with E-state index in [1.54, 1.807) is 7.05 Å². The number of ether oxygens (including phenoxy) is 1. The number of anilines is 1. The molecule has 20 heavy (non-hydrogen) atoms. The molecule has 0 bridgehead atoms. The topological polar surface area (TPSA) is 68.1 Å². The van der Waals surface area contributed by atoms with Crippen LogP contribution in [0, 0.1) is 0 Å². The highest BCUT2D eigenvalue weighted by molar-refractivity contribution is 5.49. The van der Waals surface area contributed by atoms with Crippen molar-refractivity contribution in [1.82, 2.24) is 25.5 Å². The van der Waals surface area contributed by atoms with Gasteiger partial charge in [0.15, 0.2) is 6.61 Å². The molecule has 2 heterocycles. The molecule has 1 fully saturated rings. The molecule has 0 unspecified atom stereocenters. The minimum atomic E-state index is 0.334. The molecule has 0 spiro atoms. The monoisotopic (exact) mass is 274 g/mol. The molecule has 1 aliphatic rings. The van der Waals surface area contributed by atoms with Crippen molar-refractivity contribution in [2.45, 2.75) is 6.61 Å². The van der Waals surface area contributed by atoms with Crippen molar-refractivity contribution in [3.05, 3.63) is 30.1 Å². The van der Waals surface area contributed by atoms with Crippen LogP contribution < -0.4 is 15.0 Å². The van der Waals surface area contributed by atoms with Crippen molar-refractivity contribution in [2.75, 3.05) is 31.1 Å². The Morgan fingerprint density at radius 1 is 1.20 bits per heavy atom. The van der Waals surface area contributed by atoms with Gasteiger partial charge >= 0.3 is 0 Å². The third-order valence-electron chi connectivity index (χ3n) is 3.24. The Bertz CT molecular complexity index is 546. The maximum atomic E-state index is 5.64. The first kappa shape index (κ1) is 12.9. The first-order valence-electron chi connectivity index (χ1n) is 6.73. The number of tetrazole rings is 1. The Balaban J connectivity index is 1.58. The first-order valence-corrected chi connectivity index (χ1v) is 6.73. The summed E-state index contributed by atoms with van der Waals surface area (Å²) >= 11 is 0. The average Bonchev–Trinajstić information content (AvgIpc) is 2.92. The van der Waals surface area contributed by atoms with Crippen LogP contribution in [0.3, 0.4) is 0 Å². The van der Waals surface area contributed by atoms with Gasteiger partial charge in [0.25, 0.3) is 0 Å². The smallest absolute Gasteiger partial charge is 0.212 e. The van der Waals surface area contributed by atoms with Crippen molar-refractivity contribution in [2.24, 2.45) is 7.05 Å². The molecule has 7 nitrogen and oxygen atoms in total. The minimum Gasteiger partial charge on any atom is -0.485 e. The molecular formula is C13H18N6O. The van der Waals surface area contributed by atoms with Crippen LogP contribution >= 0.6 is 0 Å². The summed E-state index contributed by atoms with van der Waals surface area (Å²) in [7, 11) is 1.73. The molecule has 1 N–H and O–H groups in total. The third kappa shape index (κ3) is 3.05. The molecule has 0 saturated carbocycles. The van der Waals surface area contributed by atoms with Crippen molar-refractivity contribution in [3.63, 3.8) is 0 Å². The Morgan fingerprint density at radius 2 is 1.95 bits per heavy atom. The Hall–Kier alpha value is -2.15. The van der Waals surface area contributed by atoms with Crippen molar-refractivity contribution < 1.29 is 4.74 Å². The molecule has 1 aromatic heterocycles. The molecule has 3 rings (SSSR count). The van der Waals surface area contributed by atoms with E-state index >= 15 is 0 Å². The summed E-state index contributed by atoms with van der Waals surface area (Å²) in [6.45, 7) is 4.50. The van der Waals surface area contributed by atoms with Gasteiger partial charge < -0.3 is 15.0 Å². The van der Waals surface area contributed by atoms with Gasteiger partial charge in [0.1, 0.15) is 5.75 Å². The first-order chi connectivity index (χ1) is 9.81. The van der Waals surface area contributed by atoms with Gasteiger partial charge in [-0.1, -0.05) is 0 Å². The van der Waals surface area contributed by atoms with Crippen LogP contribution in [0.1, 0.15) is 5.82 Å².